The van der Waals surface area contributed by atoms with E-state index in [1.165, 1.54) is 0 Å². The van der Waals surface area contributed by atoms with Gasteiger partial charge in [-0.25, -0.2) is 0 Å². The van der Waals surface area contributed by atoms with Crippen LogP contribution in [0.1, 0.15) is 30.1 Å². The molecule has 4 heteroatoms. The Bertz CT molecular complexity index is 319. The van der Waals surface area contributed by atoms with Crippen LogP contribution in [0.2, 0.25) is 0 Å². The van der Waals surface area contributed by atoms with Crippen molar-refractivity contribution in [3.8, 4) is 0 Å². The Morgan fingerprint density at radius 1 is 1.42 bits per heavy atom. The minimum atomic E-state index is 0.0203. The van der Waals surface area contributed by atoms with Gasteiger partial charge in [0.2, 0.25) is 0 Å². The lowest BCUT2D eigenvalue weighted by Gasteiger charge is -2.06. The summed E-state index contributed by atoms with van der Waals surface area (Å²) < 4.78 is 0. The Balaban J connectivity index is 2.37. The third kappa shape index (κ3) is 1.08. The number of rotatable bonds is 1. The molecule has 1 aliphatic heterocycles. The monoisotopic (exact) mass is 167 g/mol. The minimum absolute atomic E-state index is 0.0203. The lowest BCUT2D eigenvalue weighted by atomic mass is 10.1. The molecule has 0 bridgehead atoms. The maximum atomic E-state index is 11.3. The van der Waals surface area contributed by atoms with Gasteiger partial charge in [-0.1, -0.05) is 0 Å². The minimum Gasteiger partial charge on any atom is -0.310 e. The third-order valence-electron chi connectivity index (χ3n) is 2.42. The predicted molar refractivity (Wildman–Crippen MR) is 46.1 cm³/mol. The number of aryl methyl sites for hydroxylation is 1. The quantitative estimate of drug-likeness (QED) is 0.568. The van der Waals surface area contributed by atoms with E-state index >= 15 is 0 Å². The molecule has 4 nitrogen and oxygen atoms in total. The van der Waals surface area contributed by atoms with Crippen molar-refractivity contribution in [3.05, 3.63) is 21.6 Å². The van der Waals surface area contributed by atoms with Gasteiger partial charge in [0.15, 0.2) is 0 Å². The van der Waals surface area contributed by atoms with Crippen LogP contribution >= 0.6 is 0 Å². The molecule has 0 spiro atoms. The number of hydrogen-bond donors (Lipinski definition) is 3. The fourth-order valence-corrected chi connectivity index (χ4v) is 1.81. The molecule has 1 atom stereocenters. The maximum absolute atomic E-state index is 11.3. The normalized spacial score (nSPS) is 23.2. The van der Waals surface area contributed by atoms with Gasteiger partial charge >= 0.3 is 0 Å². The molecule has 1 aliphatic rings. The van der Waals surface area contributed by atoms with Crippen molar-refractivity contribution in [2.45, 2.75) is 25.8 Å². The van der Waals surface area contributed by atoms with Gasteiger partial charge in [-0.3, -0.25) is 9.89 Å². The van der Waals surface area contributed by atoms with E-state index in [9.17, 15) is 4.79 Å². The van der Waals surface area contributed by atoms with Crippen LogP contribution in [0.25, 0.3) is 0 Å². The summed E-state index contributed by atoms with van der Waals surface area (Å²) in [6.07, 6.45) is 2.23. The summed E-state index contributed by atoms with van der Waals surface area (Å²) in [5, 5.41) is 8.73. The number of H-pyrrole nitrogens is 2. The Kier molecular flexibility index (Phi) is 1.77. The van der Waals surface area contributed by atoms with Crippen LogP contribution in [0.4, 0.5) is 0 Å². The van der Waals surface area contributed by atoms with E-state index in [2.05, 4.69) is 15.5 Å². The van der Waals surface area contributed by atoms with E-state index in [1.807, 2.05) is 6.92 Å². The number of aromatic amines is 2. The largest absolute Gasteiger partial charge is 0.310 e. The molecule has 0 saturated carbocycles. The topological polar surface area (TPSA) is 60.7 Å². The lowest BCUT2D eigenvalue weighted by molar-refractivity contribution is 0.640. The molecule has 2 heterocycles. The number of hydrogen-bond acceptors (Lipinski definition) is 2. The molecule has 1 unspecified atom stereocenters. The van der Waals surface area contributed by atoms with Gasteiger partial charge in [0.05, 0.1) is 5.56 Å². The second kappa shape index (κ2) is 2.79. The van der Waals surface area contributed by atoms with Gasteiger partial charge in [-0.05, 0) is 26.3 Å². The molecular weight excluding hydrogens is 154 g/mol. The molecular formula is C8H13N3O. The predicted octanol–water partition coefficient (Wildman–Crippen LogP) is 0.436. The van der Waals surface area contributed by atoms with Crippen LogP contribution < -0.4 is 10.9 Å². The van der Waals surface area contributed by atoms with Gasteiger partial charge in [-0.2, -0.15) is 0 Å². The van der Waals surface area contributed by atoms with Crippen molar-refractivity contribution < 1.29 is 0 Å². The molecule has 1 saturated heterocycles. The fraction of sp³-hybridized carbons (Fsp3) is 0.625. The lowest BCUT2D eigenvalue weighted by Crippen LogP contribution is -2.19. The summed E-state index contributed by atoms with van der Waals surface area (Å²) >= 11 is 0. The first-order chi connectivity index (χ1) is 5.79. The Morgan fingerprint density at radius 2 is 2.25 bits per heavy atom. The van der Waals surface area contributed by atoms with E-state index in [-0.39, 0.29) is 11.6 Å². The zero-order valence-corrected chi connectivity index (χ0v) is 7.11. The highest BCUT2D eigenvalue weighted by Crippen LogP contribution is 2.21. The number of aromatic nitrogens is 2. The molecule has 0 aliphatic carbocycles. The zero-order valence-electron chi connectivity index (χ0n) is 7.11. The second-order valence-corrected chi connectivity index (χ2v) is 3.27. The Morgan fingerprint density at radius 3 is 2.75 bits per heavy atom. The molecule has 0 radical (unpaired) electrons. The summed E-state index contributed by atoms with van der Waals surface area (Å²) in [6, 6.07) is 0.264. The molecule has 2 rings (SSSR count). The van der Waals surface area contributed by atoms with E-state index in [1.54, 1.807) is 0 Å². The van der Waals surface area contributed by atoms with Crippen molar-refractivity contribution in [2.24, 2.45) is 0 Å². The first-order valence-corrected chi connectivity index (χ1v) is 4.29. The molecule has 1 aromatic heterocycles. The molecule has 1 fully saturated rings. The Labute approximate surface area is 70.4 Å². The van der Waals surface area contributed by atoms with Gasteiger partial charge < -0.3 is 10.4 Å². The highest BCUT2D eigenvalue weighted by molar-refractivity contribution is 5.20. The van der Waals surface area contributed by atoms with Crippen molar-refractivity contribution in [1.29, 1.82) is 0 Å². The van der Waals surface area contributed by atoms with Gasteiger partial charge in [0.25, 0.3) is 5.56 Å². The van der Waals surface area contributed by atoms with Crippen molar-refractivity contribution in [3.63, 3.8) is 0 Å². The SMILES string of the molecule is Cc1[nH][nH]c(=O)c1C1CCCN1. The first kappa shape index (κ1) is 7.61. The third-order valence-corrected chi connectivity index (χ3v) is 2.42. The standard InChI is InChI=1S/C8H13N3O/c1-5-7(8(12)11-10-5)6-3-2-4-9-6/h6,9H,2-4H2,1H3,(H2,10,11,12). The van der Waals surface area contributed by atoms with Crippen LogP contribution in [0.3, 0.4) is 0 Å². The molecule has 3 N–H and O–H groups in total. The summed E-state index contributed by atoms with van der Waals surface area (Å²) in [6.45, 7) is 2.95. The molecule has 0 amide bonds. The summed E-state index contributed by atoms with van der Waals surface area (Å²) in [5.74, 6) is 0. The fourth-order valence-electron chi connectivity index (χ4n) is 1.81. The molecule has 0 aromatic carbocycles. The van der Waals surface area contributed by atoms with E-state index in [4.69, 9.17) is 0 Å². The maximum Gasteiger partial charge on any atom is 0.268 e. The van der Waals surface area contributed by atoms with Gasteiger partial charge in [0.1, 0.15) is 0 Å². The highest BCUT2D eigenvalue weighted by Gasteiger charge is 2.21. The van der Waals surface area contributed by atoms with Gasteiger partial charge in [0, 0.05) is 11.7 Å². The van der Waals surface area contributed by atoms with Crippen LogP contribution in [-0.2, 0) is 0 Å². The zero-order chi connectivity index (χ0) is 8.55. The molecule has 1 aromatic rings. The van der Waals surface area contributed by atoms with Crippen LogP contribution in [0, 0.1) is 6.92 Å². The average molecular weight is 167 g/mol. The Hall–Kier alpha value is -1.03. The average Bonchev–Trinajstić information content (AvgIpc) is 2.61. The number of nitrogens with one attached hydrogen (secondary N) is 3. The van der Waals surface area contributed by atoms with Crippen LogP contribution in [0.5, 0.6) is 0 Å². The van der Waals surface area contributed by atoms with Gasteiger partial charge in [-0.15, -0.1) is 0 Å². The van der Waals surface area contributed by atoms with Crippen molar-refractivity contribution in [2.75, 3.05) is 6.54 Å². The van der Waals surface area contributed by atoms with Crippen molar-refractivity contribution in [1.82, 2.24) is 15.5 Å². The highest BCUT2D eigenvalue weighted by atomic mass is 16.1. The summed E-state index contributed by atoms with van der Waals surface area (Å²) in [7, 11) is 0. The summed E-state index contributed by atoms with van der Waals surface area (Å²) in [5.41, 5.74) is 1.86. The summed E-state index contributed by atoms with van der Waals surface area (Å²) in [4.78, 5) is 11.3. The van der Waals surface area contributed by atoms with Crippen molar-refractivity contribution >= 4 is 0 Å². The van der Waals surface area contributed by atoms with Crippen LogP contribution in [0.15, 0.2) is 4.79 Å². The molecule has 12 heavy (non-hydrogen) atoms. The first-order valence-electron chi connectivity index (χ1n) is 4.29. The molecule has 66 valence electrons. The second-order valence-electron chi connectivity index (χ2n) is 3.27. The van der Waals surface area contributed by atoms with E-state index in [0.29, 0.717) is 0 Å². The smallest absolute Gasteiger partial charge is 0.268 e. The van der Waals surface area contributed by atoms with Crippen LogP contribution in [-0.4, -0.2) is 16.7 Å². The van der Waals surface area contributed by atoms with E-state index < -0.39 is 0 Å². The van der Waals surface area contributed by atoms with E-state index in [0.717, 1.165) is 30.6 Å².